The zero-order valence-corrected chi connectivity index (χ0v) is 17.8. The summed E-state index contributed by atoms with van der Waals surface area (Å²) in [7, 11) is -3.38. The topological polar surface area (TPSA) is 75.7 Å². The fraction of sp³-hybridized carbons (Fsp3) is 0.381. The third-order valence-corrected chi connectivity index (χ3v) is 6.04. The number of fused-ring (bicyclic) bond motifs is 1. The monoisotopic (exact) mass is 438 g/mol. The summed E-state index contributed by atoms with van der Waals surface area (Å²) >= 11 is 0. The molecule has 0 aliphatic carbocycles. The number of sulfone groups is 1. The highest BCUT2D eigenvalue weighted by molar-refractivity contribution is 7.90. The summed E-state index contributed by atoms with van der Waals surface area (Å²) in [6.07, 6.45) is 1.12. The Morgan fingerprint density at radius 2 is 1.90 bits per heavy atom. The first-order chi connectivity index (χ1) is 14.1. The van der Waals surface area contributed by atoms with Gasteiger partial charge in [-0.25, -0.2) is 17.2 Å². The Balaban J connectivity index is 1.83. The Labute approximate surface area is 174 Å². The summed E-state index contributed by atoms with van der Waals surface area (Å²) < 4.78 is 56.5. The molecule has 1 aliphatic rings. The fourth-order valence-electron chi connectivity index (χ4n) is 3.25. The van der Waals surface area contributed by atoms with E-state index in [1.54, 1.807) is 11.0 Å². The van der Waals surface area contributed by atoms with Crippen molar-refractivity contribution in [2.45, 2.75) is 31.3 Å². The van der Waals surface area contributed by atoms with Gasteiger partial charge >= 0.3 is 0 Å². The number of carbonyl (C=O) groups is 1. The summed E-state index contributed by atoms with van der Waals surface area (Å²) in [5, 5.41) is 2.89. The minimum atomic E-state index is -3.38. The molecule has 9 heteroatoms. The highest BCUT2D eigenvalue weighted by Crippen LogP contribution is 2.28. The maximum Gasteiger partial charge on any atom is 0.245 e. The van der Waals surface area contributed by atoms with Crippen LogP contribution in [0.2, 0.25) is 0 Å². The summed E-state index contributed by atoms with van der Waals surface area (Å²) in [4.78, 5) is 15.0. The third-order valence-electron chi connectivity index (χ3n) is 4.93. The molecule has 2 aromatic carbocycles. The maximum absolute atomic E-state index is 14.1. The molecule has 0 saturated carbocycles. The number of hydrogen-bond acceptors (Lipinski definition) is 5. The lowest BCUT2D eigenvalue weighted by Gasteiger charge is -2.29. The van der Waals surface area contributed by atoms with Gasteiger partial charge in [0.15, 0.2) is 9.84 Å². The number of carbonyl (C=O) groups excluding carboxylic acids is 1. The minimum absolute atomic E-state index is 0.0488. The predicted octanol–water partition coefficient (Wildman–Crippen LogP) is 3.23. The lowest BCUT2D eigenvalue weighted by Crippen LogP contribution is -2.46. The van der Waals surface area contributed by atoms with Gasteiger partial charge in [0, 0.05) is 24.4 Å². The molecule has 162 valence electrons. The van der Waals surface area contributed by atoms with Crippen LogP contribution in [-0.2, 0) is 21.2 Å². The van der Waals surface area contributed by atoms with Crippen LogP contribution in [0.25, 0.3) is 0 Å². The molecule has 1 aliphatic heterocycles. The SMILES string of the molecule is CC(C)C(Nc1ccc(F)cc1F)C(=O)N1CCOc2cc(S(C)(=O)=O)ccc2C1. The quantitative estimate of drug-likeness (QED) is 0.776. The number of nitrogens with zero attached hydrogens (tertiary/aromatic N) is 1. The van der Waals surface area contributed by atoms with Gasteiger partial charge in [-0.2, -0.15) is 0 Å². The van der Waals surface area contributed by atoms with Gasteiger partial charge < -0.3 is 15.0 Å². The van der Waals surface area contributed by atoms with Crippen molar-refractivity contribution in [1.29, 1.82) is 0 Å². The van der Waals surface area contributed by atoms with Crippen LogP contribution >= 0.6 is 0 Å². The fourth-order valence-corrected chi connectivity index (χ4v) is 3.89. The maximum atomic E-state index is 14.1. The van der Waals surface area contributed by atoms with Crippen LogP contribution < -0.4 is 10.1 Å². The van der Waals surface area contributed by atoms with Crippen LogP contribution in [-0.4, -0.2) is 44.7 Å². The Morgan fingerprint density at radius 1 is 1.17 bits per heavy atom. The number of ether oxygens (including phenoxy) is 1. The van der Waals surface area contributed by atoms with Crippen LogP contribution in [0.5, 0.6) is 5.75 Å². The van der Waals surface area contributed by atoms with Crippen molar-refractivity contribution >= 4 is 21.4 Å². The molecule has 1 unspecified atom stereocenters. The number of hydrogen-bond donors (Lipinski definition) is 1. The molecule has 1 amide bonds. The Hall–Kier alpha value is -2.68. The highest BCUT2D eigenvalue weighted by atomic mass is 32.2. The second kappa shape index (κ2) is 8.59. The predicted molar refractivity (Wildman–Crippen MR) is 109 cm³/mol. The van der Waals surface area contributed by atoms with Crippen molar-refractivity contribution in [2.24, 2.45) is 5.92 Å². The van der Waals surface area contributed by atoms with Gasteiger partial charge in [0.25, 0.3) is 0 Å². The lowest BCUT2D eigenvalue weighted by molar-refractivity contribution is -0.133. The first kappa shape index (κ1) is 22.0. The van der Waals surface area contributed by atoms with E-state index in [0.717, 1.165) is 18.4 Å². The molecule has 0 aromatic heterocycles. The molecule has 2 aromatic rings. The van der Waals surface area contributed by atoms with E-state index in [2.05, 4.69) is 5.32 Å². The lowest BCUT2D eigenvalue weighted by atomic mass is 10.0. The van der Waals surface area contributed by atoms with E-state index in [0.29, 0.717) is 17.9 Å². The summed E-state index contributed by atoms with van der Waals surface area (Å²) in [6, 6.07) is 7.00. The standard InChI is InChI=1S/C21H24F2N2O4S/c1-13(2)20(24-18-7-5-15(22)10-17(18)23)21(26)25-8-9-29-19-11-16(30(3,27)28)6-4-14(19)12-25/h4-7,10-11,13,20,24H,8-9,12H2,1-3H3. The molecule has 0 fully saturated rings. The van der Waals surface area contributed by atoms with Gasteiger partial charge in [0.05, 0.1) is 17.1 Å². The van der Waals surface area contributed by atoms with Gasteiger partial charge in [0.2, 0.25) is 5.91 Å². The number of nitrogens with one attached hydrogen (secondary N) is 1. The van der Waals surface area contributed by atoms with Gasteiger partial charge in [-0.05, 0) is 30.2 Å². The van der Waals surface area contributed by atoms with Crippen LogP contribution in [0, 0.1) is 17.6 Å². The van der Waals surface area contributed by atoms with Crippen molar-refractivity contribution in [1.82, 2.24) is 4.90 Å². The number of rotatable bonds is 5. The summed E-state index contributed by atoms with van der Waals surface area (Å²) in [5.41, 5.74) is 0.733. The summed E-state index contributed by atoms with van der Waals surface area (Å²) in [5.74, 6) is -1.46. The van der Waals surface area contributed by atoms with E-state index < -0.39 is 27.5 Å². The molecular formula is C21H24F2N2O4S. The molecule has 30 heavy (non-hydrogen) atoms. The average Bonchev–Trinajstić information content (AvgIpc) is 2.87. The van der Waals surface area contributed by atoms with E-state index in [-0.39, 0.29) is 35.6 Å². The van der Waals surface area contributed by atoms with E-state index in [1.807, 2.05) is 13.8 Å². The second-order valence-corrected chi connectivity index (χ2v) is 9.66. The molecular weight excluding hydrogens is 414 g/mol. The van der Waals surface area contributed by atoms with Crippen molar-refractivity contribution in [3.63, 3.8) is 0 Å². The van der Waals surface area contributed by atoms with Crippen LogP contribution in [0.1, 0.15) is 19.4 Å². The van der Waals surface area contributed by atoms with Crippen molar-refractivity contribution in [2.75, 3.05) is 24.7 Å². The van der Waals surface area contributed by atoms with Gasteiger partial charge in [-0.1, -0.05) is 19.9 Å². The first-order valence-corrected chi connectivity index (χ1v) is 11.4. The molecule has 1 atom stereocenters. The minimum Gasteiger partial charge on any atom is -0.491 e. The molecule has 0 bridgehead atoms. The van der Waals surface area contributed by atoms with E-state index in [9.17, 15) is 22.0 Å². The van der Waals surface area contributed by atoms with E-state index in [1.165, 1.54) is 18.2 Å². The normalized spacial score (nSPS) is 15.2. The van der Waals surface area contributed by atoms with Crippen LogP contribution in [0.15, 0.2) is 41.3 Å². The van der Waals surface area contributed by atoms with Crippen molar-refractivity contribution < 1.29 is 26.7 Å². The smallest absolute Gasteiger partial charge is 0.245 e. The molecule has 1 heterocycles. The molecule has 3 rings (SSSR count). The van der Waals surface area contributed by atoms with Gasteiger partial charge in [-0.15, -0.1) is 0 Å². The second-order valence-electron chi connectivity index (χ2n) is 7.64. The van der Waals surface area contributed by atoms with E-state index in [4.69, 9.17) is 4.74 Å². The number of anilines is 1. The highest BCUT2D eigenvalue weighted by Gasteiger charge is 2.30. The molecule has 6 nitrogen and oxygen atoms in total. The van der Waals surface area contributed by atoms with Gasteiger partial charge in [-0.3, -0.25) is 4.79 Å². The molecule has 0 spiro atoms. The van der Waals surface area contributed by atoms with Crippen molar-refractivity contribution in [3.8, 4) is 5.75 Å². The summed E-state index contributed by atoms with van der Waals surface area (Å²) in [6.45, 7) is 4.38. The Morgan fingerprint density at radius 3 is 2.53 bits per heavy atom. The molecule has 0 radical (unpaired) electrons. The zero-order chi connectivity index (χ0) is 22.1. The zero-order valence-electron chi connectivity index (χ0n) is 17.0. The number of amides is 1. The van der Waals surface area contributed by atoms with Crippen LogP contribution in [0.4, 0.5) is 14.5 Å². The largest absolute Gasteiger partial charge is 0.491 e. The Bertz CT molecular complexity index is 1060. The molecule has 0 saturated heterocycles. The molecule has 1 N–H and O–H groups in total. The van der Waals surface area contributed by atoms with Crippen LogP contribution in [0.3, 0.4) is 0 Å². The number of halogens is 2. The average molecular weight is 438 g/mol. The van der Waals surface area contributed by atoms with Crippen molar-refractivity contribution in [3.05, 3.63) is 53.6 Å². The van der Waals surface area contributed by atoms with E-state index >= 15 is 0 Å². The third kappa shape index (κ3) is 4.89. The Kier molecular flexibility index (Phi) is 6.30. The number of benzene rings is 2. The van der Waals surface area contributed by atoms with Gasteiger partial charge in [0.1, 0.15) is 30.0 Å². The first-order valence-electron chi connectivity index (χ1n) is 9.52.